The largest absolute Gasteiger partial charge is 0.300 e. The van der Waals surface area contributed by atoms with Crippen LogP contribution < -0.4 is 5.32 Å². The minimum Gasteiger partial charge on any atom is -0.300 e. The molecule has 60 valence electrons. The summed E-state index contributed by atoms with van der Waals surface area (Å²) in [5, 5.41) is 3.07. The highest BCUT2D eigenvalue weighted by atomic mass is 35.5. The molecule has 0 bridgehead atoms. The molecular formula is C9H12ClN. The molecule has 0 aromatic heterocycles. The van der Waals surface area contributed by atoms with Crippen molar-refractivity contribution < 1.29 is 0 Å². The maximum atomic E-state index is 5.49. The summed E-state index contributed by atoms with van der Waals surface area (Å²) in [6.45, 7) is 2.96. The van der Waals surface area contributed by atoms with E-state index in [0.29, 0.717) is 6.00 Å². The van der Waals surface area contributed by atoms with Gasteiger partial charge in [-0.25, -0.2) is 0 Å². The van der Waals surface area contributed by atoms with Gasteiger partial charge in [0.05, 0.1) is 6.00 Å². The van der Waals surface area contributed by atoms with E-state index in [2.05, 4.69) is 24.4 Å². The Balaban J connectivity index is 2.62. The van der Waals surface area contributed by atoms with Crippen LogP contribution in [0.2, 0.25) is 0 Å². The lowest BCUT2D eigenvalue weighted by Gasteiger charge is -2.03. The van der Waals surface area contributed by atoms with Crippen molar-refractivity contribution in [2.24, 2.45) is 0 Å². The van der Waals surface area contributed by atoms with Gasteiger partial charge in [0, 0.05) is 6.54 Å². The van der Waals surface area contributed by atoms with E-state index in [-0.39, 0.29) is 0 Å². The van der Waals surface area contributed by atoms with E-state index >= 15 is 0 Å². The van der Waals surface area contributed by atoms with E-state index in [0.717, 1.165) is 6.54 Å². The van der Waals surface area contributed by atoms with Crippen LogP contribution in [0.1, 0.15) is 11.1 Å². The fourth-order valence-corrected chi connectivity index (χ4v) is 1.08. The summed E-state index contributed by atoms with van der Waals surface area (Å²) in [4.78, 5) is 0. The molecule has 0 saturated heterocycles. The third-order valence-electron chi connectivity index (χ3n) is 1.67. The lowest BCUT2D eigenvalue weighted by molar-refractivity contribution is 0.786. The Hall–Kier alpha value is -0.530. The molecule has 0 spiro atoms. The van der Waals surface area contributed by atoms with E-state index in [1.807, 2.05) is 12.1 Å². The first-order valence-corrected chi connectivity index (χ1v) is 4.19. The summed E-state index contributed by atoms with van der Waals surface area (Å²) in [7, 11) is 0. The number of halogens is 1. The Morgan fingerprint density at radius 1 is 1.36 bits per heavy atom. The predicted octanol–water partition coefficient (Wildman–Crippen LogP) is 2.28. The molecule has 1 rings (SSSR count). The van der Waals surface area contributed by atoms with Crippen LogP contribution in [0.4, 0.5) is 0 Å². The molecule has 0 unspecified atom stereocenters. The highest BCUT2D eigenvalue weighted by molar-refractivity contribution is 6.17. The molecule has 0 aliphatic heterocycles. The standard InChI is InChI=1S/C9H12ClN/c1-8-4-2-3-5-9(8)6-11-7-10/h2-5,11H,6-7H2,1H3. The van der Waals surface area contributed by atoms with Crippen LogP contribution in [0.15, 0.2) is 24.3 Å². The van der Waals surface area contributed by atoms with E-state index in [1.165, 1.54) is 11.1 Å². The van der Waals surface area contributed by atoms with E-state index in [9.17, 15) is 0 Å². The van der Waals surface area contributed by atoms with Crippen molar-refractivity contribution in [2.75, 3.05) is 6.00 Å². The van der Waals surface area contributed by atoms with Crippen LogP contribution in [0, 0.1) is 6.92 Å². The molecule has 1 nitrogen and oxygen atoms in total. The predicted molar refractivity (Wildman–Crippen MR) is 48.7 cm³/mol. The first-order valence-electron chi connectivity index (χ1n) is 3.66. The highest BCUT2D eigenvalue weighted by Gasteiger charge is 1.93. The Bertz CT molecular complexity index is 223. The van der Waals surface area contributed by atoms with Gasteiger partial charge in [0.2, 0.25) is 0 Å². The first kappa shape index (κ1) is 8.57. The van der Waals surface area contributed by atoms with Gasteiger partial charge in [0.1, 0.15) is 0 Å². The number of aryl methyl sites for hydroxylation is 1. The number of hydrogen-bond donors (Lipinski definition) is 1. The molecule has 0 radical (unpaired) electrons. The zero-order valence-electron chi connectivity index (χ0n) is 6.60. The van der Waals surface area contributed by atoms with Crippen LogP contribution >= 0.6 is 11.6 Å². The first-order chi connectivity index (χ1) is 5.34. The van der Waals surface area contributed by atoms with Crippen LogP contribution in [-0.2, 0) is 6.54 Å². The lowest BCUT2D eigenvalue weighted by Crippen LogP contribution is -2.10. The Labute approximate surface area is 72.4 Å². The minimum atomic E-state index is 0.508. The normalized spacial score (nSPS) is 10.0. The molecule has 0 aliphatic carbocycles. The minimum absolute atomic E-state index is 0.508. The third kappa shape index (κ3) is 2.52. The summed E-state index contributed by atoms with van der Waals surface area (Å²) >= 11 is 5.49. The van der Waals surface area contributed by atoms with Gasteiger partial charge in [-0.1, -0.05) is 24.3 Å². The molecule has 0 amide bonds. The van der Waals surface area contributed by atoms with Gasteiger partial charge in [-0.3, -0.25) is 5.32 Å². The molecule has 1 aromatic rings. The quantitative estimate of drug-likeness (QED) is 0.541. The molecule has 0 saturated carbocycles. The number of nitrogens with one attached hydrogen (secondary N) is 1. The summed E-state index contributed by atoms with van der Waals surface area (Å²) < 4.78 is 0. The molecule has 1 aromatic carbocycles. The molecule has 0 fully saturated rings. The second-order valence-corrected chi connectivity index (χ2v) is 2.75. The zero-order valence-corrected chi connectivity index (χ0v) is 7.36. The van der Waals surface area contributed by atoms with Crippen molar-refractivity contribution in [3.8, 4) is 0 Å². The second kappa shape index (κ2) is 4.37. The molecule has 1 N–H and O–H groups in total. The van der Waals surface area contributed by atoms with E-state index in [4.69, 9.17) is 11.6 Å². The van der Waals surface area contributed by atoms with Crippen molar-refractivity contribution >= 4 is 11.6 Å². The van der Waals surface area contributed by atoms with Gasteiger partial charge in [0.15, 0.2) is 0 Å². The zero-order chi connectivity index (χ0) is 8.10. The summed E-state index contributed by atoms with van der Waals surface area (Å²) in [6.07, 6.45) is 0. The molecule has 2 heteroatoms. The van der Waals surface area contributed by atoms with E-state index < -0.39 is 0 Å². The Morgan fingerprint density at radius 2 is 2.09 bits per heavy atom. The van der Waals surface area contributed by atoms with Crippen LogP contribution in [0.3, 0.4) is 0 Å². The average Bonchev–Trinajstić information content (AvgIpc) is 2.03. The smallest absolute Gasteiger partial charge is 0.0716 e. The Kier molecular flexibility index (Phi) is 3.40. The second-order valence-electron chi connectivity index (χ2n) is 2.49. The van der Waals surface area contributed by atoms with Gasteiger partial charge in [-0.2, -0.15) is 0 Å². The van der Waals surface area contributed by atoms with Gasteiger partial charge in [0.25, 0.3) is 0 Å². The monoisotopic (exact) mass is 169 g/mol. The van der Waals surface area contributed by atoms with Crippen molar-refractivity contribution in [3.63, 3.8) is 0 Å². The van der Waals surface area contributed by atoms with Gasteiger partial charge >= 0.3 is 0 Å². The van der Waals surface area contributed by atoms with Crippen LogP contribution in [0.25, 0.3) is 0 Å². The SMILES string of the molecule is Cc1ccccc1CNCCl. The number of rotatable bonds is 3. The third-order valence-corrected chi connectivity index (χ3v) is 1.86. The molecule has 0 atom stereocenters. The summed E-state index contributed by atoms with van der Waals surface area (Å²) in [5.41, 5.74) is 2.62. The molecule has 11 heavy (non-hydrogen) atoms. The number of alkyl halides is 1. The maximum absolute atomic E-state index is 5.49. The van der Waals surface area contributed by atoms with Gasteiger partial charge in [-0.15, -0.1) is 11.6 Å². The fourth-order valence-electron chi connectivity index (χ4n) is 0.990. The highest BCUT2D eigenvalue weighted by Crippen LogP contribution is 2.05. The number of benzene rings is 1. The van der Waals surface area contributed by atoms with Crippen LogP contribution in [-0.4, -0.2) is 6.00 Å². The van der Waals surface area contributed by atoms with Gasteiger partial charge in [-0.05, 0) is 18.1 Å². The molecule has 0 heterocycles. The van der Waals surface area contributed by atoms with Crippen molar-refractivity contribution in [1.82, 2.24) is 5.32 Å². The molecule has 0 aliphatic rings. The topological polar surface area (TPSA) is 12.0 Å². The van der Waals surface area contributed by atoms with Crippen molar-refractivity contribution in [2.45, 2.75) is 13.5 Å². The summed E-state index contributed by atoms with van der Waals surface area (Å²) in [6, 6.07) is 8.80. The average molecular weight is 170 g/mol. The molecular weight excluding hydrogens is 158 g/mol. The van der Waals surface area contributed by atoms with Crippen molar-refractivity contribution in [1.29, 1.82) is 0 Å². The van der Waals surface area contributed by atoms with Crippen molar-refractivity contribution in [3.05, 3.63) is 35.4 Å². The lowest BCUT2D eigenvalue weighted by atomic mass is 10.1. The van der Waals surface area contributed by atoms with Gasteiger partial charge < -0.3 is 0 Å². The fraction of sp³-hybridized carbons (Fsp3) is 0.333. The van der Waals surface area contributed by atoms with E-state index in [1.54, 1.807) is 0 Å². The number of hydrogen-bond acceptors (Lipinski definition) is 1. The van der Waals surface area contributed by atoms with Crippen LogP contribution in [0.5, 0.6) is 0 Å². The maximum Gasteiger partial charge on any atom is 0.0716 e. The Morgan fingerprint density at radius 3 is 2.73 bits per heavy atom. The summed E-state index contributed by atoms with van der Waals surface area (Å²) in [5.74, 6) is 0.